The predicted molar refractivity (Wildman–Crippen MR) is 93.8 cm³/mol. The maximum atomic E-state index is 11.9. The maximum Gasteiger partial charge on any atom is 0.356 e. The van der Waals surface area contributed by atoms with Gasteiger partial charge in [0, 0.05) is 22.8 Å². The van der Waals surface area contributed by atoms with Gasteiger partial charge in [0.15, 0.2) is 4.96 Å². The molecular formula is C16H14ClN3O3S. The van der Waals surface area contributed by atoms with Crippen molar-refractivity contribution in [1.82, 2.24) is 9.38 Å². The molecule has 1 amide bonds. The summed E-state index contributed by atoms with van der Waals surface area (Å²) in [5, 5.41) is 4.41. The number of amides is 1. The van der Waals surface area contributed by atoms with Crippen LogP contribution >= 0.6 is 22.9 Å². The first-order valence-electron chi connectivity index (χ1n) is 7.22. The van der Waals surface area contributed by atoms with E-state index >= 15 is 0 Å². The number of carbonyl (C=O) groups is 2. The van der Waals surface area contributed by atoms with Gasteiger partial charge in [-0.2, -0.15) is 0 Å². The van der Waals surface area contributed by atoms with Gasteiger partial charge in [0.2, 0.25) is 5.91 Å². The smallest absolute Gasteiger partial charge is 0.356 e. The molecule has 0 unspecified atom stereocenters. The zero-order valence-corrected chi connectivity index (χ0v) is 14.4. The van der Waals surface area contributed by atoms with Crippen LogP contribution in [0.3, 0.4) is 0 Å². The summed E-state index contributed by atoms with van der Waals surface area (Å²) in [7, 11) is 0. The van der Waals surface area contributed by atoms with Crippen LogP contribution in [-0.4, -0.2) is 33.7 Å². The Bertz CT molecular complexity index is 886. The molecule has 0 spiro atoms. The van der Waals surface area contributed by atoms with E-state index in [1.165, 1.54) is 11.3 Å². The summed E-state index contributed by atoms with van der Waals surface area (Å²) < 4.78 is 6.76. The van der Waals surface area contributed by atoms with Crippen LogP contribution in [0, 0.1) is 0 Å². The van der Waals surface area contributed by atoms with Crippen molar-refractivity contribution in [1.29, 1.82) is 0 Å². The Morgan fingerprint density at radius 3 is 2.75 bits per heavy atom. The number of rotatable bonds is 5. The van der Waals surface area contributed by atoms with E-state index in [1.807, 2.05) is 12.1 Å². The highest BCUT2D eigenvalue weighted by atomic mass is 35.5. The molecule has 0 saturated carbocycles. The van der Waals surface area contributed by atoms with Crippen molar-refractivity contribution < 1.29 is 14.3 Å². The number of fused-ring (bicyclic) bond motifs is 1. The summed E-state index contributed by atoms with van der Waals surface area (Å²) in [4.78, 5) is 28.4. The third-order valence-electron chi connectivity index (χ3n) is 3.28. The first kappa shape index (κ1) is 16.5. The fourth-order valence-corrected chi connectivity index (χ4v) is 3.10. The van der Waals surface area contributed by atoms with Crippen molar-refractivity contribution in [2.75, 3.05) is 17.8 Å². The van der Waals surface area contributed by atoms with Gasteiger partial charge in [-0.15, -0.1) is 22.9 Å². The predicted octanol–water partition coefficient (Wildman–Crippen LogP) is 3.42. The Hall–Kier alpha value is -2.38. The van der Waals surface area contributed by atoms with Crippen LogP contribution in [0.5, 0.6) is 0 Å². The largest absolute Gasteiger partial charge is 0.461 e. The third kappa shape index (κ3) is 3.27. The van der Waals surface area contributed by atoms with E-state index in [2.05, 4.69) is 10.3 Å². The summed E-state index contributed by atoms with van der Waals surface area (Å²) >= 11 is 6.84. The number of ether oxygens (including phenoxy) is 1. The molecule has 2 heterocycles. The van der Waals surface area contributed by atoms with Gasteiger partial charge in [-0.25, -0.2) is 9.78 Å². The lowest BCUT2D eigenvalue weighted by molar-refractivity contribution is -0.113. The molecule has 0 aliphatic heterocycles. The van der Waals surface area contributed by atoms with E-state index in [0.717, 1.165) is 11.3 Å². The molecule has 24 heavy (non-hydrogen) atoms. The molecule has 0 bridgehead atoms. The van der Waals surface area contributed by atoms with Crippen LogP contribution < -0.4 is 5.32 Å². The molecular weight excluding hydrogens is 350 g/mol. The number of benzene rings is 1. The van der Waals surface area contributed by atoms with E-state index in [1.54, 1.807) is 35.0 Å². The van der Waals surface area contributed by atoms with E-state index in [4.69, 9.17) is 16.3 Å². The Labute approximate surface area is 147 Å². The first-order chi connectivity index (χ1) is 11.6. The molecule has 0 fully saturated rings. The van der Waals surface area contributed by atoms with Crippen molar-refractivity contribution in [2.24, 2.45) is 0 Å². The van der Waals surface area contributed by atoms with Gasteiger partial charge in [-0.05, 0) is 19.1 Å². The molecule has 0 radical (unpaired) electrons. The van der Waals surface area contributed by atoms with Crippen LogP contribution in [0.25, 0.3) is 16.2 Å². The van der Waals surface area contributed by atoms with Gasteiger partial charge in [0.1, 0.15) is 11.6 Å². The van der Waals surface area contributed by atoms with Crippen LogP contribution in [0.1, 0.15) is 17.4 Å². The van der Waals surface area contributed by atoms with Crippen LogP contribution in [0.4, 0.5) is 5.69 Å². The Morgan fingerprint density at radius 1 is 1.33 bits per heavy atom. The van der Waals surface area contributed by atoms with Gasteiger partial charge in [0.05, 0.1) is 12.3 Å². The van der Waals surface area contributed by atoms with E-state index < -0.39 is 0 Å². The Morgan fingerprint density at radius 2 is 2.08 bits per heavy atom. The molecule has 1 aromatic carbocycles. The van der Waals surface area contributed by atoms with Crippen molar-refractivity contribution in [3.8, 4) is 11.3 Å². The lowest BCUT2D eigenvalue weighted by atomic mass is 10.1. The van der Waals surface area contributed by atoms with Crippen LogP contribution in [-0.2, 0) is 9.53 Å². The topological polar surface area (TPSA) is 72.7 Å². The number of hydrogen-bond donors (Lipinski definition) is 1. The summed E-state index contributed by atoms with van der Waals surface area (Å²) in [6.07, 6.45) is 1.80. The van der Waals surface area contributed by atoms with Crippen molar-refractivity contribution >= 4 is 45.5 Å². The number of carbonyl (C=O) groups excluding carboxylic acids is 2. The normalized spacial score (nSPS) is 10.8. The van der Waals surface area contributed by atoms with Gasteiger partial charge >= 0.3 is 5.97 Å². The highest BCUT2D eigenvalue weighted by Crippen LogP contribution is 2.25. The average Bonchev–Trinajstić information content (AvgIpc) is 3.16. The van der Waals surface area contributed by atoms with E-state index in [0.29, 0.717) is 22.9 Å². The molecule has 8 heteroatoms. The standard InChI is InChI=1S/C16H14ClN3O3S/c1-2-23-15(22)13-9-24-16-19-12(8-20(13)16)10-3-5-11(6-4-10)18-14(21)7-17/h3-6,8-9H,2,7H2,1H3,(H,18,21). The number of thiazole rings is 1. The zero-order valence-electron chi connectivity index (χ0n) is 12.8. The van der Waals surface area contributed by atoms with Gasteiger partial charge < -0.3 is 10.1 Å². The molecule has 3 aromatic rings. The highest BCUT2D eigenvalue weighted by Gasteiger charge is 2.16. The summed E-state index contributed by atoms with van der Waals surface area (Å²) in [5.41, 5.74) is 2.74. The van der Waals surface area contributed by atoms with E-state index in [-0.39, 0.29) is 17.8 Å². The zero-order chi connectivity index (χ0) is 17.1. The minimum absolute atomic E-state index is 0.0876. The number of halogens is 1. The lowest BCUT2D eigenvalue weighted by Gasteiger charge is -2.03. The second kappa shape index (κ2) is 7.02. The number of anilines is 1. The Balaban J connectivity index is 1.87. The van der Waals surface area contributed by atoms with Gasteiger partial charge in [0.25, 0.3) is 0 Å². The average molecular weight is 364 g/mol. The monoisotopic (exact) mass is 363 g/mol. The van der Waals surface area contributed by atoms with Crippen molar-refractivity contribution in [3.05, 3.63) is 41.5 Å². The molecule has 0 aliphatic carbocycles. The number of alkyl halides is 1. The molecule has 0 saturated heterocycles. The summed E-state index contributed by atoms with van der Waals surface area (Å²) in [6.45, 7) is 2.10. The van der Waals surface area contributed by atoms with E-state index in [9.17, 15) is 9.59 Å². The fourth-order valence-electron chi connectivity index (χ4n) is 2.19. The molecule has 6 nitrogen and oxygen atoms in total. The maximum absolute atomic E-state index is 11.9. The summed E-state index contributed by atoms with van der Waals surface area (Å²) in [6, 6.07) is 7.25. The fraction of sp³-hybridized carbons (Fsp3) is 0.188. The molecule has 0 aliphatic rings. The molecule has 2 aromatic heterocycles. The highest BCUT2D eigenvalue weighted by molar-refractivity contribution is 7.15. The molecule has 1 N–H and O–H groups in total. The van der Waals surface area contributed by atoms with Gasteiger partial charge in [-0.1, -0.05) is 12.1 Å². The number of nitrogens with one attached hydrogen (secondary N) is 1. The third-order valence-corrected chi connectivity index (χ3v) is 4.36. The lowest BCUT2D eigenvalue weighted by Crippen LogP contribution is -2.12. The minimum Gasteiger partial charge on any atom is -0.461 e. The SMILES string of the molecule is CCOC(=O)c1csc2nc(-c3ccc(NC(=O)CCl)cc3)cn12. The molecule has 3 rings (SSSR count). The van der Waals surface area contributed by atoms with Crippen molar-refractivity contribution in [3.63, 3.8) is 0 Å². The summed E-state index contributed by atoms with van der Waals surface area (Å²) in [5.74, 6) is -0.715. The number of nitrogens with zero attached hydrogens (tertiary/aromatic N) is 2. The number of aromatic nitrogens is 2. The van der Waals surface area contributed by atoms with Crippen LogP contribution in [0.2, 0.25) is 0 Å². The quantitative estimate of drug-likeness (QED) is 0.557. The second-order valence-corrected chi connectivity index (χ2v) is 5.98. The molecule has 124 valence electrons. The van der Waals surface area contributed by atoms with Crippen molar-refractivity contribution in [2.45, 2.75) is 6.92 Å². The number of imidazole rings is 1. The molecule has 0 atom stereocenters. The second-order valence-electron chi connectivity index (χ2n) is 4.88. The minimum atomic E-state index is -0.369. The first-order valence-corrected chi connectivity index (χ1v) is 8.63. The number of esters is 1. The number of hydrogen-bond acceptors (Lipinski definition) is 5. The van der Waals surface area contributed by atoms with Gasteiger partial charge in [-0.3, -0.25) is 9.20 Å². The Kier molecular flexibility index (Phi) is 4.82. The van der Waals surface area contributed by atoms with Crippen LogP contribution in [0.15, 0.2) is 35.8 Å².